The van der Waals surface area contributed by atoms with Crippen molar-refractivity contribution in [2.45, 2.75) is 76.7 Å². The van der Waals surface area contributed by atoms with Crippen molar-refractivity contribution >= 4 is 16.4 Å². The Bertz CT molecular complexity index is 857. The molecule has 0 aliphatic carbocycles. The highest BCUT2D eigenvalue weighted by molar-refractivity contribution is 7.80. The fourth-order valence-corrected chi connectivity index (χ4v) is 3.94. The second kappa shape index (κ2) is 8.82. The molecule has 0 aromatic carbocycles. The quantitative estimate of drug-likeness (QED) is 0.355. The first kappa shape index (κ1) is 23.0. The van der Waals surface area contributed by atoms with Crippen LogP contribution in [-0.2, 0) is 51.3 Å². The van der Waals surface area contributed by atoms with Crippen LogP contribution >= 0.6 is 0 Å². The van der Waals surface area contributed by atoms with Gasteiger partial charge in [-0.25, -0.2) is 8.86 Å². The number of ether oxygens (including phenoxy) is 4. The lowest BCUT2D eigenvalue weighted by Gasteiger charge is -2.29. The number of hydrogen-bond acceptors (Lipinski definition) is 11. The van der Waals surface area contributed by atoms with E-state index in [1.165, 1.54) is 11.6 Å². The predicted molar refractivity (Wildman–Crippen MR) is 96.1 cm³/mol. The van der Waals surface area contributed by atoms with E-state index in [-0.39, 0.29) is 13.2 Å². The van der Waals surface area contributed by atoms with Crippen LogP contribution in [0.4, 0.5) is 0 Å². The maximum Gasteiger partial charge on any atom is 0.397 e. The third kappa shape index (κ3) is 5.72. The minimum absolute atomic E-state index is 0.0134. The van der Waals surface area contributed by atoms with Gasteiger partial charge in [-0.05, 0) is 26.7 Å². The molecule has 2 aliphatic rings. The highest BCUT2D eigenvalue weighted by Gasteiger charge is 2.59. The van der Waals surface area contributed by atoms with Gasteiger partial charge in [0.05, 0.1) is 12.2 Å². The first-order valence-electron chi connectivity index (χ1n) is 9.31. The van der Waals surface area contributed by atoms with Gasteiger partial charge in [-0.2, -0.15) is 8.42 Å². The van der Waals surface area contributed by atoms with Crippen LogP contribution in [0.5, 0.6) is 0 Å². The zero-order chi connectivity index (χ0) is 22.1. The van der Waals surface area contributed by atoms with E-state index in [1.54, 1.807) is 20.0 Å². The van der Waals surface area contributed by atoms with Crippen LogP contribution in [0.15, 0.2) is 6.20 Å². The smallest absolute Gasteiger partial charge is 0.397 e. The Morgan fingerprint density at radius 3 is 2.77 bits per heavy atom. The lowest BCUT2D eigenvalue weighted by Crippen LogP contribution is -2.46. The summed E-state index contributed by atoms with van der Waals surface area (Å²) in [6, 6.07) is 0. The lowest BCUT2D eigenvalue weighted by molar-refractivity contribution is -0.228. The topological polar surface area (TPSA) is 169 Å². The average molecular weight is 451 g/mol. The Morgan fingerprint density at radius 2 is 2.13 bits per heavy atom. The van der Waals surface area contributed by atoms with Crippen LogP contribution in [0.2, 0.25) is 0 Å². The summed E-state index contributed by atoms with van der Waals surface area (Å²) >= 11 is 0. The molecule has 0 unspecified atom stereocenters. The van der Waals surface area contributed by atoms with Crippen LogP contribution in [0.1, 0.15) is 32.9 Å². The second-order valence-electron chi connectivity index (χ2n) is 7.46. The molecule has 5 atom stereocenters. The van der Waals surface area contributed by atoms with Gasteiger partial charge < -0.3 is 24.1 Å². The third-order valence-electron chi connectivity index (χ3n) is 4.48. The molecule has 2 aliphatic heterocycles. The molecule has 3 heterocycles. The molecule has 13 nitrogen and oxygen atoms in total. The van der Waals surface area contributed by atoms with E-state index in [2.05, 4.69) is 10.3 Å². The van der Waals surface area contributed by atoms with Crippen molar-refractivity contribution in [3.05, 3.63) is 11.9 Å². The number of aromatic nitrogens is 3. The molecule has 0 radical (unpaired) electrons. The van der Waals surface area contributed by atoms with Crippen molar-refractivity contribution in [3.63, 3.8) is 0 Å². The summed E-state index contributed by atoms with van der Waals surface area (Å²) in [6.07, 6.45) is -2.80. The van der Waals surface area contributed by atoms with Crippen LogP contribution in [0, 0.1) is 0 Å². The van der Waals surface area contributed by atoms with Crippen LogP contribution in [-0.4, -0.2) is 82.1 Å². The van der Waals surface area contributed by atoms with Crippen LogP contribution in [0.25, 0.3) is 0 Å². The van der Waals surface area contributed by atoms with E-state index in [0.717, 1.165) is 0 Å². The molecule has 2 saturated heterocycles. The van der Waals surface area contributed by atoms with Crippen molar-refractivity contribution < 1.29 is 46.0 Å². The Labute approximate surface area is 173 Å². The van der Waals surface area contributed by atoms with E-state index in [4.69, 9.17) is 28.2 Å². The number of hydrogen-bond donors (Lipinski definition) is 2. The summed E-state index contributed by atoms with van der Waals surface area (Å²) in [5, 5.41) is 16.7. The molecule has 170 valence electrons. The summed E-state index contributed by atoms with van der Waals surface area (Å²) in [4.78, 5) is 11.6. The molecule has 0 bridgehead atoms. The molecular weight excluding hydrogens is 426 g/mol. The standard InChI is InChI=1S/C16H25N3O10S/c1-9(21)25-13-12(26-15-14(13)27-16(2,3)28-15)11(29-30(22,23)24)8-19-7-10(17-18-19)5-4-6-20/h7,11-15,20H,4-6,8H2,1-3H3,(H,22,23,24)/t11-,12-,13+,14-,15-/m1/s1. The Balaban J connectivity index is 1.83. The average Bonchev–Trinajstić information content (AvgIpc) is 3.25. The zero-order valence-corrected chi connectivity index (χ0v) is 17.5. The molecule has 1 aromatic rings. The summed E-state index contributed by atoms with van der Waals surface area (Å²) in [5.74, 6) is -1.63. The number of fused-ring (bicyclic) bond motifs is 1. The molecular formula is C16H25N3O10S. The van der Waals surface area contributed by atoms with Gasteiger partial charge in [-0.3, -0.25) is 9.35 Å². The van der Waals surface area contributed by atoms with Gasteiger partial charge in [0.15, 0.2) is 24.3 Å². The van der Waals surface area contributed by atoms with Crippen molar-refractivity contribution in [1.82, 2.24) is 15.0 Å². The molecule has 3 rings (SSSR count). The number of aliphatic hydroxyl groups excluding tert-OH is 1. The van der Waals surface area contributed by atoms with Gasteiger partial charge in [-0.1, -0.05) is 5.21 Å². The first-order chi connectivity index (χ1) is 14.0. The second-order valence-corrected chi connectivity index (χ2v) is 8.51. The highest BCUT2D eigenvalue weighted by Crippen LogP contribution is 2.40. The van der Waals surface area contributed by atoms with E-state index in [9.17, 15) is 17.8 Å². The van der Waals surface area contributed by atoms with Gasteiger partial charge in [0.25, 0.3) is 0 Å². The van der Waals surface area contributed by atoms with Crippen molar-refractivity contribution in [2.24, 2.45) is 0 Å². The van der Waals surface area contributed by atoms with E-state index < -0.39 is 52.9 Å². The number of esters is 1. The summed E-state index contributed by atoms with van der Waals surface area (Å²) in [7, 11) is -4.88. The van der Waals surface area contributed by atoms with Gasteiger partial charge in [0.2, 0.25) is 0 Å². The molecule has 0 saturated carbocycles. The molecule has 2 fully saturated rings. The Kier molecular flexibility index (Phi) is 6.76. The number of aliphatic hydroxyl groups is 1. The van der Waals surface area contributed by atoms with E-state index in [0.29, 0.717) is 18.5 Å². The molecule has 1 aromatic heterocycles. The summed E-state index contributed by atoms with van der Waals surface area (Å²) < 4.78 is 60.7. The van der Waals surface area contributed by atoms with E-state index >= 15 is 0 Å². The normalized spacial score (nSPS) is 29.0. The number of nitrogens with zero attached hydrogens (tertiary/aromatic N) is 3. The van der Waals surface area contributed by atoms with Crippen LogP contribution < -0.4 is 0 Å². The third-order valence-corrected chi connectivity index (χ3v) is 4.98. The lowest BCUT2D eigenvalue weighted by atomic mass is 10.1. The first-order valence-corrected chi connectivity index (χ1v) is 10.7. The van der Waals surface area contributed by atoms with Crippen molar-refractivity contribution in [2.75, 3.05) is 6.61 Å². The van der Waals surface area contributed by atoms with Crippen molar-refractivity contribution in [3.8, 4) is 0 Å². The van der Waals surface area contributed by atoms with E-state index in [1.807, 2.05) is 0 Å². The monoisotopic (exact) mass is 451 g/mol. The summed E-state index contributed by atoms with van der Waals surface area (Å²) in [5.41, 5.74) is 0.573. The van der Waals surface area contributed by atoms with Gasteiger partial charge >= 0.3 is 16.4 Å². The number of aryl methyl sites for hydroxylation is 1. The minimum Gasteiger partial charge on any atom is -0.457 e. The number of rotatable bonds is 9. The molecule has 30 heavy (non-hydrogen) atoms. The largest absolute Gasteiger partial charge is 0.457 e. The number of carbonyl (C=O) groups is 1. The highest BCUT2D eigenvalue weighted by atomic mass is 32.3. The number of carbonyl (C=O) groups excluding carboxylic acids is 1. The minimum atomic E-state index is -4.88. The van der Waals surface area contributed by atoms with Gasteiger partial charge in [-0.15, -0.1) is 5.10 Å². The maximum absolute atomic E-state index is 11.6. The maximum atomic E-state index is 11.6. The van der Waals surface area contributed by atoms with Crippen molar-refractivity contribution in [1.29, 1.82) is 0 Å². The Morgan fingerprint density at radius 1 is 1.40 bits per heavy atom. The SMILES string of the molecule is CC(=O)O[C@@H]1[C@H]2OC(C)(C)O[C@H]2O[C@@H]1[C@@H](Cn1cc(CCCO)nn1)OS(=O)(=O)O. The molecule has 0 amide bonds. The fourth-order valence-electron chi connectivity index (χ4n) is 3.46. The predicted octanol–water partition coefficient (Wildman–Crippen LogP) is -0.801. The Hall–Kier alpha value is -1.68. The summed E-state index contributed by atoms with van der Waals surface area (Å²) in [6.45, 7) is 4.29. The van der Waals surface area contributed by atoms with Gasteiger partial charge in [0.1, 0.15) is 12.2 Å². The fraction of sp³-hybridized carbons (Fsp3) is 0.812. The molecule has 14 heteroatoms. The van der Waals surface area contributed by atoms with Crippen LogP contribution in [0.3, 0.4) is 0 Å². The van der Waals surface area contributed by atoms with Gasteiger partial charge in [0, 0.05) is 19.7 Å². The molecule has 2 N–H and O–H groups in total. The zero-order valence-electron chi connectivity index (χ0n) is 16.7. The molecule has 0 spiro atoms.